The number of amides is 1. The second kappa shape index (κ2) is 3.94. The maximum atomic E-state index is 9.81. The molecule has 0 bridgehead atoms. The molecule has 0 unspecified atom stereocenters. The van der Waals surface area contributed by atoms with Gasteiger partial charge >= 0.3 is 6.09 Å². The van der Waals surface area contributed by atoms with Gasteiger partial charge in [0.2, 0.25) is 0 Å². The number of rotatable bonds is 2. The van der Waals surface area contributed by atoms with Gasteiger partial charge in [-0.05, 0) is 0 Å². The predicted octanol–water partition coefficient (Wildman–Crippen LogP) is 0.177. The quantitative estimate of drug-likeness (QED) is 0.235. The zero-order chi connectivity index (χ0) is 6.41. The van der Waals surface area contributed by atoms with Crippen LogP contribution in [0.5, 0.6) is 0 Å². The van der Waals surface area contributed by atoms with Crippen molar-refractivity contribution in [1.82, 2.24) is 5.48 Å². The Labute approximate surface area is 45.4 Å². The molecule has 0 aromatic heterocycles. The van der Waals surface area contributed by atoms with Gasteiger partial charge in [0.05, 0.1) is 0 Å². The summed E-state index contributed by atoms with van der Waals surface area (Å²) in [5.74, 6) is 0. The average Bonchev–Trinajstić information content (AvgIpc) is 1.83. The van der Waals surface area contributed by atoms with Crippen molar-refractivity contribution in [2.45, 2.75) is 0 Å². The molecule has 0 atom stereocenters. The molecule has 0 spiro atoms. The molecule has 46 valence electrons. The lowest BCUT2D eigenvalue weighted by molar-refractivity contribution is -0.193. The van der Waals surface area contributed by atoms with Crippen molar-refractivity contribution in [3.8, 4) is 0 Å². The van der Waals surface area contributed by atoms with E-state index < -0.39 is 6.09 Å². The van der Waals surface area contributed by atoms with E-state index in [0.29, 0.717) is 0 Å². The summed E-state index contributed by atoms with van der Waals surface area (Å²) in [6.07, 6.45) is -0.195. The Bertz CT molecular complexity index is 91.3. The van der Waals surface area contributed by atoms with Crippen molar-refractivity contribution in [3.63, 3.8) is 0 Å². The third-order valence-electron chi connectivity index (χ3n) is 0.283. The Morgan fingerprint density at radius 2 is 2.50 bits per heavy atom. The molecule has 0 aliphatic carbocycles. The van der Waals surface area contributed by atoms with Gasteiger partial charge in [-0.1, -0.05) is 6.58 Å². The van der Waals surface area contributed by atoms with Gasteiger partial charge in [-0.15, -0.1) is 0 Å². The molecule has 1 amide bonds. The molecule has 0 fully saturated rings. The molecule has 5 heteroatoms. The molecule has 0 saturated heterocycles. The maximum absolute atomic E-state index is 9.81. The van der Waals surface area contributed by atoms with Gasteiger partial charge in [0.25, 0.3) is 0 Å². The van der Waals surface area contributed by atoms with Gasteiger partial charge in [0.1, 0.15) is 6.26 Å². The molecular formula is C3H5NO4. The maximum Gasteiger partial charge on any atom is 0.473 e. The first-order chi connectivity index (χ1) is 3.81. The van der Waals surface area contributed by atoms with Crippen molar-refractivity contribution in [2.24, 2.45) is 0 Å². The summed E-state index contributed by atoms with van der Waals surface area (Å²) >= 11 is 0. The van der Waals surface area contributed by atoms with E-state index in [9.17, 15) is 4.79 Å². The Kier molecular flexibility index (Phi) is 3.34. The molecule has 0 radical (unpaired) electrons. The number of hydrogen-bond acceptors (Lipinski definition) is 4. The highest BCUT2D eigenvalue weighted by Gasteiger charge is 1.95. The van der Waals surface area contributed by atoms with E-state index in [1.54, 1.807) is 0 Å². The third-order valence-corrected chi connectivity index (χ3v) is 0.283. The first-order valence-electron chi connectivity index (χ1n) is 1.69. The topological polar surface area (TPSA) is 67.8 Å². The molecule has 0 rings (SSSR count). The Balaban J connectivity index is 3.11. The standard InChI is InChI=1S/C3H5NO4/c1-2-7-8-3(5)4-6/h2,6H,1H2,(H,4,5). The normalized spacial score (nSPS) is 7.12. The predicted molar refractivity (Wildman–Crippen MR) is 22.7 cm³/mol. The smallest absolute Gasteiger partial charge is 0.294 e. The number of hydrogen-bond donors (Lipinski definition) is 2. The average molecular weight is 119 g/mol. The fraction of sp³-hybridized carbons (Fsp3) is 0. The van der Waals surface area contributed by atoms with E-state index in [1.165, 1.54) is 5.48 Å². The van der Waals surface area contributed by atoms with Crippen LogP contribution in [-0.4, -0.2) is 11.3 Å². The molecule has 2 N–H and O–H groups in total. The largest absolute Gasteiger partial charge is 0.473 e. The summed E-state index contributed by atoms with van der Waals surface area (Å²) in [4.78, 5) is 17.4. The first-order valence-corrected chi connectivity index (χ1v) is 1.69. The molecule has 0 aliphatic heterocycles. The lowest BCUT2D eigenvalue weighted by Crippen LogP contribution is -2.18. The van der Waals surface area contributed by atoms with Crippen LogP contribution in [0.4, 0.5) is 4.79 Å². The number of nitrogens with one attached hydrogen (secondary N) is 1. The summed E-state index contributed by atoms with van der Waals surface area (Å²) in [6.45, 7) is 3.06. The SMILES string of the molecule is C=COOC(=O)NO. The van der Waals surface area contributed by atoms with Gasteiger partial charge in [0.15, 0.2) is 0 Å². The van der Waals surface area contributed by atoms with Crippen molar-refractivity contribution in [1.29, 1.82) is 0 Å². The summed E-state index contributed by atoms with van der Waals surface area (Å²) in [6, 6.07) is 0. The summed E-state index contributed by atoms with van der Waals surface area (Å²) in [5.41, 5.74) is 1.17. The van der Waals surface area contributed by atoms with E-state index >= 15 is 0 Å². The van der Waals surface area contributed by atoms with Crippen LogP contribution in [-0.2, 0) is 9.78 Å². The molecular weight excluding hydrogens is 114 g/mol. The van der Waals surface area contributed by atoms with E-state index in [4.69, 9.17) is 5.21 Å². The van der Waals surface area contributed by atoms with Crippen LogP contribution in [0.1, 0.15) is 0 Å². The van der Waals surface area contributed by atoms with E-state index in [2.05, 4.69) is 16.4 Å². The van der Waals surface area contributed by atoms with Gasteiger partial charge in [-0.2, -0.15) is 5.48 Å². The highest BCUT2D eigenvalue weighted by Crippen LogP contribution is 1.76. The fourth-order valence-electron chi connectivity index (χ4n) is 0.0964. The lowest BCUT2D eigenvalue weighted by atomic mass is 11.2. The zero-order valence-electron chi connectivity index (χ0n) is 3.96. The monoisotopic (exact) mass is 119 g/mol. The van der Waals surface area contributed by atoms with Crippen molar-refractivity contribution in [2.75, 3.05) is 0 Å². The van der Waals surface area contributed by atoms with Crippen molar-refractivity contribution < 1.29 is 19.8 Å². The van der Waals surface area contributed by atoms with Gasteiger partial charge < -0.3 is 0 Å². The highest BCUT2D eigenvalue weighted by molar-refractivity contribution is 5.64. The fourth-order valence-corrected chi connectivity index (χ4v) is 0.0964. The minimum Gasteiger partial charge on any atom is -0.294 e. The molecule has 0 aromatic carbocycles. The Morgan fingerprint density at radius 1 is 1.88 bits per heavy atom. The van der Waals surface area contributed by atoms with Crippen LogP contribution in [0.3, 0.4) is 0 Å². The van der Waals surface area contributed by atoms with Gasteiger partial charge in [-0.3, -0.25) is 10.1 Å². The highest BCUT2D eigenvalue weighted by atomic mass is 17.2. The van der Waals surface area contributed by atoms with Crippen LogP contribution in [0.25, 0.3) is 0 Å². The first kappa shape index (κ1) is 6.77. The molecule has 5 nitrogen and oxygen atoms in total. The molecule has 0 saturated carbocycles. The summed E-state index contributed by atoms with van der Waals surface area (Å²) in [7, 11) is 0. The zero-order valence-corrected chi connectivity index (χ0v) is 3.96. The van der Waals surface area contributed by atoms with E-state index in [0.717, 1.165) is 6.26 Å². The number of hydroxylamine groups is 1. The number of carbonyl (C=O) groups excluding carboxylic acids is 1. The van der Waals surface area contributed by atoms with Crippen LogP contribution < -0.4 is 5.48 Å². The second-order valence-corrected chi connectivity index (χ2v) is 0.745. The number of carbonyl (C=O) groups is 1. The minimum absolute atomic E-state index is 0.898. The third kappa shape index (κ3) is 2.98. The molecule has 8 heavy (non-hydrogen) atoms. The van der Waals surface area contributed by atoms with Crippen molar-refractivity contribution in [3.05, 3.63) is 12.8 Å². The lowest BCUT2D eigenvalue weighted by Gasteiger charge is -1.94. The molecule has 0 heterocycles. The second-order valence-electron chi connectivity index (χ2n) is 0.745. The van der Waals surface area contributed by atoms with E-state index in [-0.39, 0.29) is 0 Å². The summed E-state index contributed by atoms with van der Waals surface area (Å²) < 4.78 is 0. The Hall–Kier alpha value is -1.23. The van der Waals surface area contributed by atoms with Crippen LogP contribution >= 0.6 is 0 Å². The van der Waals surface area contributed by atoms with Crippen LogP contribution in [0.2, 0.25) is 0 Å². The van der Waals surface area contributed by atoms with Crippen LogP contribution in [0.15, 0.2) is 12.8 Å². The Morgan fingerprint density at radius 3 is 2.88 bits per heavy atom. The van der Waals surface area contributed by atoms with Crippen molar-refractivity contribution >= 4 is 6.09 Å². The molecule has 0 aromatic rings. The van der Waals surface area contributed by atoms with Gasteiger partial charge in [-0.25, -0.2) is 9.68 Å². The minimum atomic E-state index is -1.09. The summed E-state index contributed by atoms with van der Waals surface area (Å²) in [5, 5.41) is 7.72. The molecule has 0 aliphatic rings. The van der Waals surface area contributed by atoms with E-state index in [1.807, 2.05) is 0 Å². The van der Waals surface area contributed by atoms with Gasteiger partial charge in [0, 0.05) is 0 Å². The van der Waals surface area contributed by atoms with Crippen LogP contribution in [0, 0.1) is 0 Å².